The van der Waals surface area contributed by atoms with Crippen molar-refractivity contribution in [1.82, 2.24) is 10.9 Å². The number of nitrogens with zero attached hydrogens (tertiary/aromatic N) is 1. The van der Waals surface area contributed by atoms with Crippen molar-refractivity contribution in [3.8, 4) is 0 Å². The molecule has 0 saturated carbocycles. The Balaban J connectivity index is 1.60. The number of nitrogens with one attached hydrogen (secondary N) is 2. The van der Waals surface area contributed by atoms with Gasteiger partial charge < -0.3 is 4.90 Å². The van der Waals surface area contributed by atoms with Crippen LogP contribution in [0.15, 0.2) is 35.7 Å². The molecule has 1 aromatic heterocycles. The fourth-order valence-corrected chi connectivity index (χ4v) is 3.33. The summed E-state index contributed by atoms with van der Waals surface area (Å²) < 4.78 is 0. The first kappa shape index (κ1) is 17.2. The van der Waals surface area contributed by atoms with Gasteiger partial charge >= 0.3 is 0 Å². The fourth-order valence-electron chi connectivity index (χ4n) is 2.72. The SMILES string of the molecule is Cc1ccc(N2C[C@H](C(=O)NNC(=O)c3cccs3)CC2=O)cc1C. The third-order valence-corrected chi connectivity index (χ3v) is 5.21. The molecule has 0 aliphatic carbocycles. The van der Waals surface area contributed by atoms with Crippen LogP contribution in [-0.4, -0.2) is 24.3 Å². The van der Waals surface area contributed by atoms with E-state index >= 15 is 0 Å². The maximum Gasteiger partial charge on any atom is 0.279 e. The van der Waals surface area contributed by atoms with E-state index in [2.05, 4.69) is 10.9 Å². The Morgan fingerprint density at radius 3 is 2.64 bits per heavy atom. The molecule has 1 atom stereocenters. The second-order valence-electron chi connectivity index (χ2n) is 6.09. The summed E-state index contributed by atoms with van der Waals surface area (Å²) in [5, 5.41) is 1.79. The number of hydrogen-bond donors (Lipinski definition) is 2. The van der Waals surface area contributed by atoms with Gasteiger partial charge in [0.15, 0.2) is 0 Å². The topological polar surface area (TPSA) is 78.5 Å². The summed E-state index contributed by atoms with van der Waals surface area (Å²) >= 11 is 1.29. The molecule has 1 fully saturated rings. The van der Waals surface area contributed by atoms with E-state index in [0.29, 0.717) is 11.4 Å². The van der Waals surface area contributed by atoms with Crippen LogP contribution in [0.5, 0.6) is 0 Å². The van der Waals surface area contributed by atoms with Crippen molar-refractivity contribution in [2.24, 2.45) is 5.92 Å². The summed E-state index contributed by atoms with van der Waals surface area (Å²) in [6.07, 6.45) is 0.133. The number of carbonyl (C=O) groups is 3. The van der Waals surface area contributed by atoms with Crippen molar-refractivity contribution >= 4 is 34.7 Å². The average Bonchev–Trinajstić information content (AvgIpc) is 3.24. The normalized spacial score (nSPS) is 16.8. The number of hydrazine groups is 1. The van der Waals surface area contributed by atoms with Crippen LogP contribution in [0.2, 0.25) is 0 Å². The van der Waals surface area contributed by atoms with E-state index in [9.17, 15) is 14.4 Å². The Bertz CT molecular complexity index is 817. The molecule has 2 aromatic rings. The zero-order chi connectivity index (χ0) is 18.0. The molecule has 3 amide bonds. The predicted molar refractivity (Wildman–Crippen MR) is 96.3 cm³/mol. The van der Waals surface area contributed by atoms with E-state index in [1.165, 1.54) is 11.3 Å². The van der Waals surface area contributed by atoms with Crippen LogP contribution in [0.3, 0.4) is 0 Å². The van der Waals surface area contributed by atoms with Crippen molar-refractivity contribution in [2.45, 2.75) is 20.3 Å². The van der Waals surface area contributed by atoms with Crippen molar-refractivity contribution in [1.29, 1.82) is 0 Å². The molecule has 2 N–H and O–H groups in total. The van der Waals surface area contributed by atoms with Crippen LogP contribution in [0, 0.1) is 19.8 Å². The van der Waals surface area contributed by atoms with Gasteiger partial charge in [0.05, 0.1) is 10.8 Å². The first-order valence-corrected chi connectivity index (χ1v) is 8.85. The van der Waals surface area contributed by atoms with Crippen LogP contribution in [0.25, 0.3) is 0 Å². The van der Waals surface area contributed by atoms with Gasteiger partial charge in [0, 0.05) is 18.7 Å². The van der Waals surface area contributed by atoms with Gasteiger partial charge in [-0.2, -0.15) is 0 Å². The zero-order valence-electron chi connectivity index (χ0n) is 14.0. The van der Waals surface area contributed by atoms with E-state index in [-0.39, 0.29) is 24.1 Å². The quantitative estimate of drug-likeness (QED) is 0.827. The van der Waals surface area contributed by atoms with Gasteiger partial charge in [0.2, 0.25) is 11.8 Å². The Morgan fingerprint density at radius 1 is 1.16 bits per heavy atom. The number of thiophene rings is 1. The van der Waals surface area contributed by atoms with Gasteiger partial charge in [0.25, 0.3) is 5.91 Å². The van der Waals surface area contributed by atoms with Gasteiger partial charge in [0.1, 0.15) is 0 Å². The standard InChI is InChI=1S/C18H19N3O3S/c1-11-5-6-14(8-12(11)2)21-10-13(9-16(21)22)17(23)19-20-18(24)15-4-3-7-25-15/h3-8,13H,9-10H2,1-2H3,(H,19,23)(H,20,24)/t13-/m1/s1. The Kier molecular flexibility index (Phi) is 4.85. The molecule has 3 rings (SSSR count). The fraction of sp³-hybridized carbons (Fsp3) is 0.278. The van der Waals surface area contributed by atoms with Crippen molar-refractivity contribution in [3.05, 3.63) is 51.7 Å². The zero-order valence-corrected chi connectivity index (χ0v) is 14.9. The third-order valence-electron chi connectivity index (χ3n) is 4.34. The molecule has 7 heteroatoms. The molecule has 1 saturated heterocycles. The van der Waals surface area contributed by atoms with Crippen LogP contribution in [-0.2, 0) is 9.59 Å². The lowest BCUT2D eigenvalue weighted by Gasteiger charge is -2.18. The number of anilines is 1. The molecular weight excluding hydrogens is 338 g/mol. The number of amides is 3. The largest absolute Gasteiger partial charge is 0.312 e. The van der Waals surface area contributed by atoms with E-state index in [0.717, 1.165) is 16.8 Å². The molecule has 1 aromatic carbocycles. The molecule has 2 heterocycles. The minimum atomic E-state index is -0.488. The van der Waals surface area contributed by atoms with Gasteiger partial charge in [-0.15, -0.1) is 11.3 Å². The van der Waals surface area contributed by atoms with E-state index in [4.69, 9.17) is 0 Å². The van der Waals surface area contributed by atoms with Crippen LogP contribution in [0.4, 0.5) is 5.69 Å². The first-order valence-electron chi connectivity index (χ1n) is 7.97. The second kappa shape index (κ2) is 7.06. The highest BCUT2D eigenvalue weighted by Gasteiger charge is 2.35. The minimum absolute atomic E-state index is 0.0898. The number of aryl methyl sites for hydroxylation is 2. The number of carbonyl (C=O) groups excluding carboxylic acids is 3. The van der Waals surface area contributed by atoms with Gasteiger partial charge in [-0.05, 0) is 48.6 Å². The molecular formula is C18H19N3O3S. The third kappa shape index (κ3) is 3.71. The highest BCUT2D eigenvalue weighted by atomic mass is 32.1. The molecule has 6 nitrogen and oxygen atoms in total. The first-order chi connectivity index (χ1) is 12.0. The van der Waals surface area contributed by atoms with Gasteiger partial charge in [-0.25, -0.2) is 0 Å². The maximum absolute atomic E-state index is 12.3. The number of hydrogen-bond acceptors (Lipinski definition) is 4. The smallest absolute Gasteiger partial charge is 0.279 e. The highest BCUT2D eigenvalue weighted by Crippen LogP contribution is 2.26. The molecule has 0 radical (unpaired) electrons. The van der Waals surface area contributed by atoms with E-state index < -0.39 is 5.92 Å². The second-order valence-corrected chi connectivity index (χ2v) is 7.04. The molecule has 0 spiro atoms. The van der Waals surface area contributed by atoms with Crippen LogP contribution < -0.4 is 15.8 Å². The molecule has 25 heavy (non-hydrogen) atoms. The summed E-state index contributed by atoms with van der Waals surface area (Å²) in [5.41, 5.74) is 7.85. The lowest BCUT2D eigenvalue weighted by atomic mass is 10.1. The van der Waals surface area contributed by atoms with Gasteiger partial charge in [-0.3, -0.25) is 25.2 Å². The summed E-state index contributed by atoms with van der Waals surface area (Å²) in [5.74, 6) is -1.30. The Labute approximate surface area is 149 Å². The summed E-state index contributed by atoms with van der Waals surface area (Å²) in [7, 11) is 0. The molecule has 130 valence electrons. The lowest BCUT2D eigenvalue weighted by molar-refractivity contribution is -0.126. The van der Waals surface area contributed by atoms with Crippen LogP contribution >= 0.6 is 11.3 Å². The van der Waals surface area contributed by atoms with Crippen molar-refractivity contribution < 1.29 is 14.4 Å². The summed E-state index contributed by atoms with van der Waals surface area (Å²) in [4.78, 5) is 38.5. The molecule has 0 unspecified atom stereocenters. The number of benzene rings is 1. The maximum atomic E-state index is 12.3. The highest BCUT2D eigenvalue weighted by molar-refractivity contribution is 7.12. The lowest BCUT2D eigenvalue weighted by Crippen LogP contribution is -2.44. The molecule has 1 aliphatic heterocycles. The van der Waals surface area contributed by atoms with Crippen molar-refractivity contribution in [2.75, 3.05) is 11.4 Å². The molecule has 1 aliphatic rings. The predicted octanol–water partition coefficient (Wildman–Crippen LogP) is 2.18. The minimum Gasteiger partial charge on any atom is -0.312 e. The van der Waals surface area contributed by atoms with Gasteiger partial charge in [-0.1, -0.05) is 12.1 Å². The summed E-state index contributed by atoms with van der Waals surface area (Å²) in [6, 6.07) is 9.24. The van der Waals surface area contributed by atoms with Crippen molar-refractivity contribution in [3.63, 3.8) is 0 Å². The average molecular weight is 357 g/mol. The van der Waals surface area contributed by atoms with E-state index in [1.807, 2.05) is 32.0 Å². The molecule has 0 bridgehead atoms. The summed E-state index contributed by atoms with van der Waals surface area (Å²) in [6.45, 7) is 4.31. The van der Waals surface area contributed by atoms with E-state index in [1.54, 1.807) is 22.4 Å². The Morgan fingerprint density at radius 2 is 1.96 bits per heavy atom. The Hall–Kier alpha value is -2.67. The van der Waals surface area contributed by atoms with Crippen LogP contribution in [0.1, 0.15) is 27.2 Å². The number of rotatable bonds is 3. The monoisotopic (exact) mass is 357 g/mol.